The van der Waals surface area contributed by atoms with Crippen LogP contribution in [0.25, 0.3) is 5.70 Å². The maximum absolute atomic E-state index is 13.8. The summed E-state index contributed by atoms with van der Waals surface area (Å²) in [6.07, 6.45) is 2.09. The number of hydrogen-bond acceptors (Lipinski definition) is 7. The number of amides is 1. The number of nitrogens with zero attached hydrogens (tertiary/aromatic N) is 3. The molecule has 190 valence electrons. The minimum Gasteiger partial charge on any atom is -0.488 e. The highest BCUT2D eigenvalue weighted by molar-refractivity contribution is 5.68. The third-order valence-electron chi connectivity index (χ3n) is 6.39. The number of carbonyl (C=O) groups is 1. The predicted molar refractivity (Wildman–Crippen MR) is 121 cm³/mol. The van der Waals surface area contributed by atoms with Crippen molar-refractivity contribution in [2.75, 3.05) is 27.2 Å². The van der Waals surface area contributed by atoms with Gasteiger partial charge in [0.05, 0.1) is 23.2 Å². The van der Waals surface area contributed by atoms with E-state index in [1.54, 1.807) is 7.05 Å². The smallest absolute Gasteiger partial charge is 0.437 e. The largest absolute Gasteiger partial charge is 0.488 e. The van der Waals surface area contributed by atoms with Crippen LogP contribution in [0.4, 0.5) is 18.0 Å². The molecule has 0 atom stereocenters. The van der Waals surface area contributed by atoms with Gasteiger partial charge in [0.15, 0.2) is 11.4 Å². The Balaban J connectivity index is 1.78. The van der Waals surface area contributed by atoms with Crippen LogP contribution < -0.4 is 16.3 Å². The Morgan fingerprint density at radius 3 is 2.35 bits per heavy atom. The van der Waals surface area contributed by atoms with Crippen molar-refractivity contribution in [3.8, 4) is 5.75 Å². The monoisotopic (exact) mass is 485 g/mol. The lowest BCUT2D eigenvalue weighted by molar-refractivity contribution is -0.143. The quantitative estimate of drug-likeness (QED) is 0.421. The predicted octanol–water partition coefficient (Wildman–Crippen LogP) is 4.11. The van der Waals surface area contributed by atoms with Gasteiger partial charge < -0.3 is 25.1 Å². The summed E-state index contributed by atoms with van der Waals surface area (Å²) in [4.78, 5) is 17.6. The summed E-state index contributed by atoms with van der Waals surface area (Å²) >= 11 is 0. The van der Waals surface area contributed by atoms with E-state index in [-0.39, 0.29) is 35.5 Å². The van der Waals surface area contributed by atoms with Gasteiger partial charge in [-0.15, -0.1) is 0 Å². The molecule has 2 saturated carbocycles. The van der Waals surface area contributed by atoms with Gasteiger partial charge in [-0.1, -0.05) is 12.8 Å². The molecule has 2 aliphatic carbocycles. The number of carbonyl (C=O) groups excluding carboxylic acids is 1. The van der Waals surface area contributed by atoms with Crippen LogP contribution in [0, 0.1) is 5.92 Å². The average Bonchev–Trinajstić information content (AvgIpc) is 2.76. The van der Waals surface area contributed by atoms with Crippen molar-refractivity contribution >= 4 is 11.8 Å². The second kappa shape index (κ2) is 11.2. The van der Waals surface area contributed by atoms with Gasteiger partial charge >= 0.3 is 12.3 Å². The summed E-state index contributed by atoms with van der Waals surface area (Å²) in [5, 5.41) is 1.11. The van der Waals surface area contributed by atoms with Crippen LogP contribution in [0.5, 0.6) is 5.75 Å². The lowest BCUT2D eigenvalue weighted by Crippen LogP contribution is -2.37. The third kappa shape index (κ3) is 6.68. The van der Waals surface area contributed by atoms with Gasteiger partial charge in [0.25, 0.3) is 0 Å². The summed E-state index contributed by atoms with van der Waals surface area (Å²) in [5.74, 6) is 5.99. The Bertz CT molecular complexity index is 881. The van der Waals surface area contributed by atoms with Gasteiger partial charge in [-0.05, 0) is 56.6 Å². The normalized spacial score (nSPS) is 18.1. The SMILES string of the molecule is CN(CC1CCC1)C(=O)OC/C(=C(/N)c1ccc(OC2CCCCC2)c(C(F)(F)F)n1)N(C)N. The molecule has 34 heavy (non-hydrogen) atoms. The third-order valence-corrected chi connectivity index (χ3v) is 6.39. The summed E-state index contributed by atoms with van der Waals surface area (Å²) < 4.78 is 52.3. The number of ether oxygens (including phenoxy) is 2. The standard InChI is InChI=1S/C23H34F3N5O3/c1-30(13-15-7-6-8-15)22(32)33-14-18(31(2)28)20(27)17-11-12-19(21(29-17)23(24,25)26)34-16-9-4-3-5-10-16/h11-12,15-16H,3-10,13-14,27-28H2,1-2H3/b20-18-. The number of hydrazine groups is 1. The topological polar surface area (TPSA) is 107 Å². The van der Waals surface area contributed by atoms with Crippen LogP contribution in [0.1, 0.15) is 62.8 Å². The van der Waals surface area contributed by atoms with Crippen molar-refractivity contribution < 1.29 is 27.4 Å². The highest BCUT2D eigenvalue weighted by atomic mass is 19.4. The molecule has 0 aliphatic heterocycles. The zero-order valence-corrected chi connectivity index (χ0v) is 19.7. The van der Waals surface area contributed by atoms with Gasteiger partial charge in [-0.2, -0.15) is 13.2 Å². The zero-order valence-electron chi connectivity index (χ0n) is 19.7. The fourth-order valence-corrected chi connectivity index (χ4v) is 4.15. The summed E-state index contributed by atoms with van der Waals surface area (Å²) in [7, 11) is 3.10. The molecule has 2 fully saturated rings. The molecule has 11 heteroatoms. The van der Waals surface area contributed by atoms with Crippen molar-refractivity contribution in [1.29, 1.82) is 0 Å². The maximum atomic E-state index is 13.8. The molecule has 1 aromatic rings. The molecule has 0 bridgehead atoms. The van der Waals surface area contributed by atoms with Gasteiger partial charge in [0.2, 0.25) is 0 Å². The summed E-state index contributed by atoms with van der Waals surface area (Å²) in [6, 6.07) is 2.59. The van der Waals surface area contributed by atoms with Crippen molar-refractivity contribution in [3.05, 3.63) is 29.2 Å². The van der Waals surface area contributed by atoms with Gasteiger partial charge in [-0.3, -0.25) is 0 Å². The number of nitrogens with two attached hydrogens (primary N) is 2. The van der Waals surface area contributed by atoms with Crippen LogP contribution in [-0.2, 0) is 10.9 Å². The highest BCUT2D eigenvalue weighted by Gasteiger charge is 2.38. The van der Waals surface area contributed by atoms with E-state index in [1.165, 1.54) is 24.1 Å². The number of aromatic nitrogens is 1. The first kappa shape index (κ1) is 25.9. The van der Waals surface area contributed by atoms with Crippen molar-refractivity contribution in [1.82, 2.24) is 14.9 Å². The molecule has 0 aromatic carbocycles. The van der Waals surface area contributed by atoms with Crippen LogP contribution in [0.15, 0.2) is 17.8 Å². The van der Waals surface area contributed by atoms with E-state index in [1.807, 2.05) is 0 Å². The zero-order chi connectivity index (χ0) is 24.9. The Labute approximate surface area is 198 Å². The van der Waals surface area contributed by atoms with E-state index in [9.17, 15) is 18.0 Å². The molecule has 0 unspecified atom stereocenters. The maximum Gasteiger partial charge on any atom is 0.437 e. The van der Waals surface area contributed by atoms with E-state index >= 15 is 0 Å². The van der Waals surface area contributed by atoms with Gasteiger partial charge in [0, 0.05) is 20.6 Å². The lowest BCUT2D eigenvalue weighted by Gasteiger charge is -2.30. The molecule has 0 spiro atoms. The Morgan fingerprint density at radius 1 is 1.12 bits per heavy atom. The Kier molecular flexibility index (Phi) is 8.51. The minimum atomic E-state index is -4.73. The van der Waals surface area contributed by atoms with E-state index in [0.717, 1.165) is 43.5 Å². The number of pyridine rings is 1. The van der Waals surface area contributed by atoms with E-state index < -0.39 is 18.0 Å². The first-order chi connectivity index (χ1) is 16.1. The number of hydrogen-bond donors (Lipinski definition) is 2. The van der Waals surface area contributed by atoms with Crippen LogP contribution in [0.2, 0.25) is 0 Å². The molecule has 4 N–H and O–H groups in total. The van der Waals surface area contributed by atoms with Crippen LogP contribution >= 0.6 is 0 Å². The average molecular weight is 486 g/mol. The molecular weight excluding hydrogens is 451 g/mol. The van der Waals surface area contributed by atoms with Crippen molar-refractivity contribution in [3.63, 3.8) is 0 Å². The molecule has 0 radical (unpaired) electrons. The number of rotatable bonds is 8. The second-order valence-corrected chi connectivity index (χ2v) is 9.12. The first-order valence-corrected chi connectivity index (χ1v) is 11.7. The molecule has 1 heterocycles. The first-order valence-electron chi connectivity index (χ1n) is 11.7. The molecule has 8 nitrogen and oxygen atoms in total. The van der Waals surface area contributed by atoms with Gasteiger partial charge in [-0.25, -0.2) is 15.6 Å². The summed E-state index contributed by atoms with van der Waals surface area (Å²) in [5.41, 5.74) is 4.88. The lowest BCUT2D eigenvalue weighted by atomic mass is 9.85. The highest BCUT2D eigenvalue weighted by Crippen LogP contribution is 2.37. The molecule has 1 aromatic heterocycles. The van der Waals surface area contributed by atoms with Crippen molar-refractivity contribution in [2.24, 2.45) is 17.5 Å². The van der Waals surface area contributed by atoms with Gasteiger partial charge in [0.1, 0.15) is 6.61 Å². The fraction of sp³-hybridized carbons (Fsp3) is 0.652. The Morgan fingerprint density at radius 2 is 1.79 bits per heavy atom. The van der Waals surface area contributed by atoms with Crippen molar-refractivity contribution in [2.45, 2.75) is 63.6 Å². The Hall–Kier alpha value is -2.69. The van der Waals surface area contributed by atoms with Crippen LogP contribution in [0.3, 0.4) is 0 Å². The molecule has 3 rings (SSSR count). The summed E-state index contributed by atoms with van der Waals surface area (Å²) in [6.45, 7) is 0.279. The van der Waals surface area contributed by atoms with E-state index in [2.05, 4.69) is 4.98 Å². The second-order valence-electron chi connectivity index (χ2n) is 9.12. The molecule has 1 amide bonds. The number of alkyl halides is 3. The fourth-order valence-electron chi connectivity index (χ4n) is 4.15. The number of likely N-dealkylation sites (N-methyl/N-ethyl adjacent to an activating group) is 1. The van der Waals surface area contributed by atoms with Crippen LogP contribution in [-0.4, -0.2) is 54.3 Å². The molecule has 0 saturated heterocycles. The van der Waals surface area contributed by atoms with E-state index in [0.29, 0.717) is 25.3 Å². The molecule has 2 aliphatic rings. The van der Waals surface area contributed by atoms with E-state index in [4.69, 9.17) is 21.1 Å². The minimum absolute atomic E-state index is 0.117. The molecular formula is C23H34F3N5O3. The number of halogens is 3.